The van der Waals surface area contributed by atoms with Crippen LogP contribution in [0.3, 0.4) is 0 Å². The average molecular weight is 453 g/mol. The van der Waals surface area contributed by atoms with E-state index in [0.29, 0.717) is 35.9 Å². The van der Waals surface area contributed by atoms with Gasteiger partial charge < -0.3 is 19.1 Å². The quantitative estimate of drug-likeness (QED) is 0.513. The zero-order valence-electron chi connectivity index (χ0n) is 17.0. The van der Waals surface area contributed by atoms with E-state index < -0.39 is 29.9 Å². The Balaban J connectivity index is 1.61. The van der Waals surface area contributed by atoms with E-state index in [1.165, 1.54) is 10.5 Å². The summed E-state index contributed by atoms with van der Waals surface area (Å²) in [5.41, 5.74) is 2.04. The molecule has 0 radical (unpaired) electrons. The zero-order valence-corrected chi connectivity index (χ0v) is 17.9. The normalized spacial score (nSPS) is 16.0. The van der Waals surface area contributed by atoms with Gasteiger partial charge in [-0.1, -0.05) is 30.3 Å². The van der Waals surface area contributed by atoms with Gasteiger partial charge in [-0.25, -0.2) is 9.78 Å². The van der Waals surface area contributed by atoms with Crippen molar-refractivity contribution in [2.45, 2.75) is 25.3 Å². The largest absolute Gasteiger partial charge is 0.755 e. The van der Waals surface area contributed by atoms with Gasteiger partial charge in [0.05, 0.1) is 17.9 Å². The molecule has 166 valence electrons. The van der Waals surface area contributed by atoms with Gasteiger partial charge in [-0.05, 0) is 54.7 Å². The molecule has 0 amide bonds. The van der Waals surface area contributed by atoms with Crippen molar-refractivity contribution in [2.75, 3.05) is 10.9 Å². The number of aromatic nitrogens is 1. The molecule has 32 heavy (non-hydrogen) atoms. The van der Waals surface area contributed by atoms with Crippen molar-refractivity contribution in [2.24, 2.45) is 0 Å². The molecule has 0 saturated heterocycles. The second-order valence-electron chi connectivity index (χ2n) is 7.23. The van der Waals surface area contributed by atoms with Crippen LogP contribution in [0.2, 0.25) is 0 Å². The van der Waals surface area contributed by atoms with Gasteiger partial charge in [-0.2, -0.15) is 0 Å². The number of ether oxygens (including phenoxy) is 2. The van der Waals surface area contributed by atoms with Crippen LogP contribution in [0, 0.1) is 0 Å². The van der Waals surface area contributed by atoms with Crippen molar-refractivity contribution in [3.8, 4) is 17.4 Å². The SMILES string of the molecule is O=C(O)COc1cccc2c1CCCC2N(c1ccc(Oc2ccccc2)nc1)S(=O)[O-]. The fraction of sp³-hybridized carbons (Fsp3) is 0.217. The van der Waals surface area contributed by atoms with Crippen molar-refractivity contribution >= 4 is 22.9 Å². The summed E-state index contributed by atoms with van der Waals surface area (Å²) in [6.45, 7) is -0.453. The predicted molar refractivity (Wildman–Crippen MR) is 117 cm³/mol. The van der Waals surface area contributed by atoms with Crippen LogP contribution in [0.15, 0.2) is 66.9 Å². The van der Waals surface area contributed by atoms with Crippen molar-refractivity contribution in [3.05, 3.63) is 78.0 Å². The molecule has 1 aromatic heterocycles. The van der Waals surface area contributed by atoms with Crippen molar-refractivity contribution in [1.82, 2.24) is 4.98 Å². The van der Waals surface area contributed by atoms with Crippen LogP contribution in [-0.2, 0) is 22.5 Å². The van der Waals surface area contributed by atoms with Gasteiger partial charge in [-0.15, -0.1) is 0 Å². The molecule has 1 aliphatic rings. The number of hydrogen-bond acceptors (Lipinski definition) is 6. The maximum atomic E-state index is 12.2. The van der Waals surface area contributed by atoms with E-state index in [1.807, 2.05) is 24.3 Å². The molecule has 3 aromatic rings. The second-order valence-corrected chi connectivity index (χ2v) is 8.05. The molecular formula is C23H21N2O6S-. The summed E-state index contributed by atoms with van der Waals surface area (Å²) in [6, 6.07) is 17.3. The number of carbonyl (C=O) groups is 1. The zero-order chi connectivity index (χ0) is 22.5. The first-order valence-corrected chi connectivity index (χ1v) is 11.1. The van der Waals surface area contributed by atoms with E-state index in [2.05, 4.69) is 4.98 Å². The third-order valence-corrected chi connectivity index (χ3v) is 5.95. The molecule has 8 nitrogen and oxygen atoms in total. The third kappa shape index (κ3) is 4.90. The molecule has 0 spiro atoms. The number of para-hydroxylation sites is 1. The molecule has 1 heterocycles. The summed E-state index contributed by atoms with van der Waals surface area (Å²) in [5, 5.41) is 8.92. The maximum Gasteiger partial charge on any atom is 0.341 e. The number of fused-ring (bicyclic) bond motifs is 1. The van der Waals surface area contributed by atoms with Crippen molar-refractivity contribution < 1.29 is 28.1 Å². The Morgan fingerprint density at radius 1 is 1.16 bits per heavy atom. The van der Waals surface area contributed by atoms with Gasteiger partial charge >= 0.3 is 5.97 Å². The monoisotopic (exact) mass is 453 g/mol. The number of carboxylic acid groups (broad SMARTS) is 1. The van der Waals surface area contributed by atoms with Crippen LogP contribution in [0.4, 0.5) is 5.69 Å². The maximum absolute atomic E-state index is 12.2. The Hall–Kier alpha value is -3.43. The average Bonchev–Trinajstić information content (AvgIpc) is 2.79. The van der Waals surface area contributed by atoms with Gasteiger partial charge in [0, 0.05) is 17.3 Å². The molecule has 1 aliphatic carbocycles. The highest BCUT2D eigenvalue weighted by molar-refractivity contribution is 7.80. The van der Waals surface area contributed by atoms with Crippen LogP contribution in [-0.4, -0.2) is 31.4 Å². The lowest BCUT2D eigenvalue weighted by Crippen LogP contribution is -2.33. The minimum absolute atomic E-state index is 0.352. The smallest absolute Gasteiger partial charge is 0.341 e. The van der Waals surface area contributed by atoms with Crippen molar-refractivity contribution in [3.63, 3.8) is 0 Å². The molecule has 0 aliphatic heterocycles. The number of carboxylic acids is 1. The summed E-state index contributed by atoms with van der Waals surface area (Å²) in [5.74, 6) is 0.384. The van der Waals surface area contributed by atoms with Crippen LogP contribution < -0.4 is 13.8 Å². The molecule has 0 fully saturated rings. The van der Waals surface area contributed by atoms with E-state index in [4.69, 9.17) is 14.6 Å². The number of nitrogens with zero attached hydrogens (tertiary/aromatic N) is 2. The molecular weight excluding hydrogens is 432 g/mol. The second kappa shape index (κ2) is 9.80. The standard InChI is InChI=1S/C23H22N2O6S/c26-23(27)15-30-21-11-5-8-18-19(21)9-4-10-20(18)25(32(28)29)16-12-13-22(24-14-16)31-17-6-2-1-3-7-17/h1-3,5-8,11-14,20H,4,9-10,15H2,(H,26,27)(H,28,29)/p-1. The molecule has 4 rings (SSSR count). The molecule has 1 N–H and O–H groups in total. The minimum atomic E-state index is -2.55. The van der Waals surface area contributed by atoms with Gasteiger partial charge in [0.25, 0.3) is 0 Å². The fourth-order valence-corrected chi connectivity index (χ4v) is 4.56. The number of hydrogen-bond donors (Lipinski definition) is 1. The summed E-state index contributed by atoms with van der Waals surface area (Å²) in [4.78, 5) is 15.2. The fourth-order valence-electron chi connectivity index (χ4n) is 3.85. The molecule has 0 bridgehead atoms. The van der Waals surface area contributed by atoms with Crippen LogP contribution in [0.1, 0.15) is 30.0 Å². The molecule has 2 aromatic carbocycles. The number of rotatable bonds is 8. The Bertz CT molecular complexity index is 1110. The molecule has 2 unspecified atom stereocenters. The van der Waals surface area contributed by atoms with Gasteiger partial charge in [-0.3, -0.25) is 8.51 Å². The summed E-state index contributed by atoms with van der Waals surface area (Å²) in [6.07, 6.45) is 3.50. The lowest BCUT2D eigenvalue weighted by atomic mass is 9.87. The molecule has 0 saturated carbocycles. The lowest BCUT2D eigenvalue weighted by molar-refractivity contribution is -0.139. The van der Waals surface area contributed by atoms with Crippen molar-refractivity contribution in [1.29, 1.82) is 0 Å². The minimum Gasteiger partial charge on any atom is -0.755 e. The van der Waals surface area contributed by atoms with Gasteiger partial charge in [0.2, 0.25) is 5.88 Å². The molecule has 9 heteroatoms. The summed E-state index contributed by atoms with van der Waals surface area (Å²) < 4.78 is 36.9. The number of anilines is 1. The number of pyridine rings is 1. The Kier molecular flexibility index (Phi) is 6.67. The van der Waals surface area contributed by atoms with Crippen LogP contribution >= 0.6 is 0 Å². The third-order valence-electron chi connectivity index (χ3n) is 5.17. The highest BCUT2D eigenvalue weighted by Gasteiger charge is 2.29. The van der Waals surface area contributed by atoms with Gasteiger partial charge in [0.15, 0.2) is 6.61 Å². The topological polar surface area (TPSA) is 112 Å². The number of benzene rings is 2. The van der Waals surface area contributed by atoms with Crippen LogP contribution in [0.25, 0.3) is 0 Å². The Morgan fingerprint density at radius 3 is 2.66 bits per heavy atom. The Labute approximate surface area is 187 Å². The lowest BCUT2D eigenvalue weighted by Gasteiger charge is -2.38. The van der Waals surface area contributed by atoms with Crippen LogP contribution in [0.5, 0.6) is 17.4 Å². The first kappa shape index (κ1) is 21.8. The summed E-state index contributed by atoms with van der Waals surface area (Å²) >= 11 is -2.55. The predicted octanol–water partition coefficient (Wildman–Crippen LogP) is 4.02. The van der Waals surface area contributed by atoms with E-state index in [9.17, 15) is 13.6 Å². The van der Waals surface area contributed by atoms with E-state index in [1.54, 1.807) is 36.4 Å². The highest BCUT2D eigenvalue weighted by Crippen LogP contribution is 2.41. The van der Waals surface area contributed by atoms with E-state index in [0.717, 1.165) is 17.5 Å². The highest BCUT2D eigenvalue weighted by atomic mass is 32.2. The first-order chi connectivity index (χ1) is 15.5. The summed E-state index contributed by atoms with van der Waals surface area (Å²) in [7, 11) is 0. The first-order valence-electron chi connectivity index (χ1n) is 10.1. The Morgan fingerprint density at radius 2 is 1.97 bits per heavy atom. The van der Waals surface area contributed by atoms with E-state index >= 15 is 0 Å². The number of aliphatic carboxylic acids is 1. The van der Waals surface area contributed by atoms with E-state index in [-0.39, 0.29) is 0 Å². The molecule has 2 atom stereocenters. The van der Waals surface area contributed by atoms with Gasteiger partial charge in [0.1, 0.15) is 11.5 Å².